The number of rotatable bonds is 12. The van der Waals surface area contributed by atoms with E-state index in [9.17, 15) is 40.3 Å². The lowest BCUT2D eigenvalue weighted by Gasteiger charge is -2.30. The molecule has 5 rings (SSSR count). The molecule has 3 heterocycles. The Balaban J connectivity index is 1.43. The number of amides is 2. The molecule has 0 spiro atoms. The van der Waals surface area contributed by atoms with Crippen molar-refractivity contribution in [3.05, 3.63) is 83.6 Å². The standard InChI is InChI=1S/C36H41N3O10S2/c1-6-37-28-17-15-24(50(43,44)45)22-26(28)35(3,4)30(37)12-9-8-10-13-31-36(5,21-11-14-34(42)49-39-32(40)19-20-33(39)41)27-23-25(51(46,47)48)16-18-29(27)38(31)7-2/h8-10,12-13,15-18,22-23H,6-7,11,14,19-21H2,1-5H3,(H-,43,44,45,46,47,48)/p+1/t36-/m1/s1. The number of anilines is 1. The van der Waals surface area contributed by atoms with E-state index >= 15 is 0 Å². The highest BCUT2D eigenvalue weighted by atomic mass is 32.2. The zero-order chi connectivity index (χ0) is 37.5. The highest BCUT2D eigenvalue weighted by Gasteiger charge is 2.45. The van der Waals surface area contributed by atoms with Crippen LogP contribution in [0.3, 0.4) is 0 Å². The molecule has 1 atom stereocenters. The number of carbonyl (C=O) groups excluding carboxylic acids is 3. The lowest BCUT2D eigenvalue weighted by atomic mass is 9.77. The normalized spacial score (nSPS) is 21.1. The molecule has 2 N–H and O–H groups in total. The van der Waals surface area contributed by atoms with Crippen LogP contribution in [0.15, 0.2) is 82.3 Å². The van der Waals surface area contributed by atoms with E-state index in [1.54, 1.807) is 12.1 Å². The molecule has 2 aromatic rings. The minimum atomic E-state index is -4.51. The third-order valence-electron chi connectivity index (χ3n) is 9.79. The second kappa shape index (κ2) is 13.9. The molecule has 0 radical (unpaired) electrons. The van der Waals surface area contributed by atoms with Gasteiger partial charge in [-0.3, -0.25) is 18.7 Å². The number of benzene rings is 2. The van der Waals surface area contributed by atoms with Crippen molar-refractivity contribution in [2.75, 3.05) is 18.0 Å². The first-order valence-electron chi connectivity index (χ1n) is 16.6. The van der Waals surface area contributed by atoms with E-state index in [2.05, 4.69) is 4.58 Å². The predicted octanol–water partition coefficient (Wildman–Crippen LogP) is 5.15. The topological polar surface area (TPSA) is 179 Å². The zero-order valence-corrected chi connectivity index (χ0v) is 30.8. The van der Waals surface area contributed by atoms with Gasteiger partial charge >= 0.3 is 5.97 Å². The Morgan fingerprint density at radius 3 is 2.10 bits per heavy atom. The van der Waals surface area contributed by atoms with Crippen LogP contribution in [-0.2, 0) is 50.3 Å². The van der Waals surface area contributed by atoms with E-state index in [0.717, 1.165) is 28.3 Å². The van der Waals surface area contributed by atoms with Crippen LogP contribution in [0.25, 0.3) is 0 Å². The molecule has 3 aliphatic heterocycles. The minimum Gasteiger partial charge on any atom is -0.344 e. The van der Waals surface area contributed by atoms with Crippen molar-refractivity contribution >= 4 is 55.1 Å². The summed E-state index contributed by atoms with van der Waals surface area (Å²) in [6.07, 6.45) is 9.94. The average Bonchev–Trinajstić information content (AvgIpc) is 3.58. The Bertz CT molecular complexity index is 2130. The summed E-state index contributed by atoms with van der Waals surface area (Å²) in [4.78, 5) is 43.1. The number of hydrogen-bond acceptors (Lipinski definition) is 9. The quantitative estimate of drug-likeness (QED) is 0.127. The number of imide groups is 1. The van der Waals surface area contributed by atoms with E-state index in [-0.39, 0.29) is 35.5 Å². The van der Waals surface area contributed by atoms with Crippen LogP contribution in [0.2, 0.25) is 0 Å². The van der Waals surface area contributed by atoms with Crippen molar-refractivity contribution in [2.24, 2.45) is 0 Å². The van der Waals surface area contributed by atoms with E-state index in [1.165, 1.54) is 24.3 Å². The summed E-state index contributed by atoms with van der Waals surface area (Å²) < 4.78 is 69.5. The average molecular weight is 741 g/mol. The maximum absolute atomic E-state index is 12.6. The third kappa shape index (κ3) is 7.20. The first-order valence-corrected chi connectivity index (χ1v) is 19.5. The van der Waals surface area contributed by atoms with Crippen molar-refractivity contribution in [1.29, 1.82) is 0 Å². The first-order chi connectivity index (χ1) is 23.8. The van der Waals surface area contributed by atoms with Crippen LogP contribution in [0, 0.1) is 0 Å². The molecule has 2 amide bonds. The number of nitrogens with zero attached hydrogens (tertiary/aromatic N) is 3. The van der Waals surface area contributed by atoms with Gasteiger partial charge < -0.3 is 9.74 Å². The molecule has 1 fully saturated rings. The van der Waals surface area contributed by atoms with Gasteiger partial charge in [0.05, 0.1) is 15.2 Å². The van der Waals surface area contributed by atoms with Crippen LogP contribution in [0.5, 0.6) is 0 Å². The molecule has 51 heavy (non-hydrogen) atoms. The van der Waals surface area contributed by atoms with E-state index in [4.69, 9.17) is 4.84 Å². The first kappa shape index (κ1) is 37.8. The molecule has 13 nitrogen and oxygen atoms in total. The Hall–Kier alpha value is -4.44. The van der Waals surface area contributed by atoms with Gasteiger partial charge in [0.1, 0.15) is 6.54 Å². The molecule has 0 bridgehead atoms. The zero-order valence-electron chi connectivity index (χ0n) is 29.1. The molecule has 0 saturated carbocycles. The van der Waals surface area contributed by atoms with Gasteiger partial charge in [-0.15, -0.1) is 5.06 Å². The summed E-state index contributed by atoms with van der Waals surface area (Å²) in [5.74, 6) is -1.87. The van der Waals surface area contributed by atoms with Crippen molar-refractivity contribution in [3.8, 4) is 0 Å². The van der Waals surface area contributed by atoms with E-state index < -0.39 is 48.8 Å². The van der Waals surface area contributed by atoms with Gasteiger partial charge in [-0.25, -0.2) is 4.79 Å². The van der Waals surface area contributed by atoms with Crippen LogP contribution < -0.4 is 4.90 Å². The van der Waals surface area contributed by atoms with Gasteiger partial charge in [0, 0.05) is 60.3 Å². The molecular weight excluding hydrogens is 699 g/mol. The highest BCUT2D eigenvalue weighted by Crippen LogP contribution is 2.51. The van der Waals surface area contributed by atoms with Gasteiger partial charge in [0.2, 0.25) is 5.69 Å². The Morgan fingerprint density at radius 1 is 0.902 bits per heavy atom. The highest BCUT2D eigenvalue weighted by molar-refractivity contribution is 7.86. The van der Waals surface area contributed by atoms with Gasteiger partial charge in [0.25, 0.3) is 32.1 Å². The van der Waals surface area contributed by atoms with Crippen LogP contribution in [0.4, 0.5) is 11.4 Å². The third-order valence-corrected chi connectivity index (χ3v) is 11.5. The molecule has 0 aliphatic carbocycles. The maximum atomic E-state index is 12.6. The van der Waals surface area contributed by atoms with Crippen LogP contribution in [0.1, 0.15) is 77.8 Å². The summed E-state index contributed by atoms with van der Waals surface area (Å²) in [5, 5.41) is 0.510. The monoisotopic (exact) mass is 740 g/mol. The van der Waals surface area contributed by atoms with E-state index in [1.807, 2.05) is 69.9 Å². The van der Waals surface area contributed by atoms with Crippen LogP contribution in [-0.4, -0.2) is 72.2 Å². The Kier molecular flexibility index (Phi) is 10.3. The number of likely N-dealkylation sites (N-methyl/N-ethyl adjacent to an activating group) is 1. The van der Waals surface area contributed by atoms with Gasteiger partial charge in [-0.05, 0) is 89.4 Å². The number of carbonyl (C=O) groups is 3. The molecular formula is C36H42N3O10S2+. The van der Waals surface area contributed by atoms with Gasteiger partial charge in [0.15, 0.2) is 5.71 Å². The largest absolute Gasteiger partial charge is 0.344 e. The molecule has 15 heteroatoms. The molecule has 272 valence electrons. The van der Waals surface area contributed by atoms with Gasteiger partial charge in [-0.1, -0.05) is 18.2 Å². The summed E-state index contributed by atoms with van der Waals surface area (Å²) in [6, 6.07) is 9.02. The predicted molar refractivity (Wildman–Crippen MR) is 189 cm³/mol. The van der Waals surface area contributed by atoms with Gasteiger partial charge in [-0.2, -0.15) is 21.4 Å². The second-order valence-corrected chi connectivity index (χ2v) is 16.2. The number of hydroxylamine groups is 2. The summed E-state index contributed by atoms with van der Waals surface area (Å²) >= 11 is 0. The summed E-state index contributed by atoms with van der Waals surface area (Å²) in [6.45, 7) is 11.0. The summed E-state index contributed by atoms with van der Waals surface area (Å²) in [7, 11) is -8.88. The van der Waals surface area contributed by atoms with Crippen molar-refractivity contribution < 1.29 is 49.7 Å². The fourth-order valence-corrected chi connectivity index (χ4v) is 8.21. The number of hydrogen-bond donors (Lipinski definition) is 2. The lowest BCUT2D eigenvalue weighted by molar-refractivity contribution is -0.433. The molecule has 2 aromatic carbocycles. The van der Waals surface area contributed by atoms with Crippen molar-refractivity contribution in [3.63, 3.8) is 0 Å². The molecule has 0 unspecified atom stereocenters. The smallest absolute Gasteiger partial charge is 0.333 e. The Morgan fingerprint density at radius 2 is 1.51 bits per heavy atom. The molecule has 1 saturated heterocycles. The van der Waals surface area contributed by atoms with Crippen LogP contribution >= 0.6 is 0 Å². The van der Waals surface area contributed by atoms with Crippen molar-refractivity contribution in [1.82, 2.24) is 5.06 Å². The number of allylic oxidation sites excluding steroid dienone is 6. The lowest BCUT2D eigenvalue weighted by Crippen LogP contribution is -2.32. The van der Waals surface area contributed by atoms with Crippen molar-refractivity contribution in [2.45, 2.75) is 87.3 Å². The molecule has 0 aromatic heterocycles. The number of fused-ring (bicyclic) bond motifs is 2. The molecule has 3 aliphatic rings. The minimum absolute atomic E-state index is 0.0136. The second-order valence-electron chi connectivity index (χ2n) is 13.3. The maximum Gasteiger partial charge on any atom is 0.333 e. The fraction of sp³-hybridized carbons (Fsp3) is 0.389. The fourth-order valence-electron chi connectivity index (χ4n) is 7.20. The van der Waals surface area contributed by atoms with E-state index in [0.29, 0.717) is 30.1 Å². The summed E-state index contributed by atoms with van der Waals surface area (Å²) in [5.41, 5.74) is 3.40. The Labute approximate surface area is 298 Å². The SMILES string of the molecule is CCN1/C(=C/C=C/C=C/C2=[N+](CC)c3ccc(S(=O)(=O)O)cc3C2(C)C)[C@](C)(CCCC(=O)ON2C(=O)CCC2=O)c2cc(S(=O)(=O)O)ccc21.